The third-order valence-electron chi connectivity index (χ3n) is 1.71. The van der Waals surface area contributed by atoms with Crippen LogP contribution in [0.1, 0.15) is 26.7 Å². The average molecular weight is 114 g/mol. The molecule has 0 aliphatic carbocycles. The van der Waals surface area contributed by atoms with Gasteiger partial charge in [-0.15, -0.1) is 0 Å². The minimum Gasteiger partial charge on any atom is -0.316 e. The lowest BCUT2D eigenvalue weighted by Gasteiger charge is -2.29. The summed E-state index contributed by atoms with van der Waals surface area (Å²) in [6, 6.07) is 0. The molecule has 1 nitrogen and oxygen atoms in total. The number of nitrogens with one attached hydrogen (secondary N) is 1. The van der Waals surface area contributed by atoms with Gasteiger partial charge in [-0.3, -0.25) is 0 Å². The van der Waals surface area contributed by atoms with E-state index in [-0.39, 0.29) is 0 Å². The highest BCUT2D eigenvalue weighted by molar-refractivity contribution is 4.75. The van der Waals surface area contributed by atoms with E-state index in [1.807, 2.05) is 0 Å². The zero-order valence-electron chi connectivity index (χ0n) is 6.78. The van der Waals surface area contributed by atoms with Gasteiger partial charge in [0.05, 0.1) is 0 Å². The third kappa shape index (κ3) is 1.48. The standard InChI is InChI=1S/C7H15N/c1-7(2)4-3-5-8-6-7/h8H,3-6H2,1-2H3/i/hD. The number of hydrogen-bond donors (Lipinski definition) is 1. The van der Waals surface area contributed by atoms with Crippen molar-refractivity contribution < 1.29 is 1.41 Å². The first-order chi connectivity index (χ1) is 4.10. The van der Waals surface area contributed by atoms with E-state index in [0.29, 0.717) is 5.41 Å². The van der Waals surface area contributed by atoms with Crippen molar-refractivity contribution in [2.75, 3.05) is 13.1 Å². The Hall–Kier alpha value is -0.0400. The maximum absolute atomic E-state index is 7.36. The van der Waals surface area contributed by atoms with E-state index in [0.717, 1.165) is 13.1 Å². The van der Waals surface area contributed by atoms with Crippen LogP contribution in [0.5, 0.6) is 0 Å². The minimum absolute atomic E-state index is 0.389. The molecule has 0 atom stereocenters. The minimum atomic E-state index is 0.389. The van der Waals surface area contributed by atoms with Crippen molar-refractivity contribution in [2.24, 2.45) is 5.41 Å². The fourth-order valence-electron chi connectivity index (χ4n) is 1.13. The molecule has 1 aliphatic heterocycles. The normalized spacial score (nSPS) is 32.0. The smallest absolute Gasteiger partial charge is 0.122 e. The molecule has 0 bridgehead atoms. The van der Waals surface area contributed by atoms with E-state index in [1.165, 1.54) is 12.8 Å². The van der Waals surface area contributed by atoms with Gasteiger partial charge in [0, 0.05) is 6.54 Å². The Bertz CT molecular complexity index is 101. The van der Waals surface area contributed by atoms with Crippen LogP contribution in [0.25, 0.3) is 0 Å². The highest BCUT2D eigenvalue weighted by Gasteiger charge is 2.19. The molecule has 0 aromatic rings. The molecule has 0 radical (unpaired) electrons. The van der Waals surface area contributed by atoms with Crippen molar-refractivity contribution >= 4 is 0 Å². The summed E-state index contributed by atoms with van der Waals surface area (Å²) in [7, 11) is 0. The lowest BCUT2D eigenvalue weighted by molar-refractivity contribution is 0.265. The van der Waals surface area contributed by atoms with Crippen LogP contribution in [0.4, 0.5) is 0 Å². The quantitative estimate of drug-likeness (QED) is 0.502. The highest BCUT2D eigenvalue weighted by Crippen LogP contribution is 2.23. The van der Waals surface area contributed by atoms with Crippen LogP contribution in [0.15, 0.2) is 0 Å². The Morgan fingerprint density at radius 3 is 2.75 bits per heavy atom. The van der Waals surface area contributed by atoms with Crippen molar-refractivity contribution in [1.29, 1.82) is 0 Å². The molecular formula is C7H15N. The second-order valence-electron chi connectivity index (χ2n) is 3.37. The summed E-state index contributed by atoms with van der Waals surface area (Å²) in [5.74, 6) is 0. The zero-order chi connectivity index (χ0) is 6.91. The van der Waals surface area contributed by atoms with Gasteiger partial charge in [0.1, 0.15) is 1.41 Å². The Balaban J connectivity index is 2.41. The monoisotopic (exact) mass is 114 g/mol. The summed E-state index contributed by atoms with van der Waals surface area (Å²) in [4.78, 5) is 0. The van der Waals surface area contributed by atoms with E-state index < -0.39 is 0 Å². The summed E-state index contributed by atoms with van der Waals surface area (Å²) in [6.07, 6.45) is 2.47. The largest absolute Gasteiger partial charge is 0.316 e. The van der Waals surface area contributed by atoms with Crippen LogP contribution >= 0.6 is 0 Å². The van der Waals surface area contributed by atoms with Crippen molar-refractivity contribution in [1.82, 2.24) is 5.31 Å². The summed E-state index contributed by atoms with van der Waals surface area (Å²) in [6.45, 7) is 6.36. The number of hydrogen-bond acceptors (Lipinski definition) is 1. The van der Waals surface area contributed by atoms with Crippen LogP contribution in [0.3, 0.4) is 0 Å². The molecule has 0 aromatic heterocycles. The van der Waals surface area contributed by atoms with Gasteiger partial charge in [-0.05, 0) is 24.8 Å². The van der Waals surface area contributed by atoms with Crippen LogP contribution in [0, 0.1) is 5.41 Å². The second kappa shape index (κ2) is 2.06. The molecular weight excluding hydrogens is 98.1 g/mol. The predicted molar refractivity (Wildman–Crippen MR) is 35.9 cm³/mol. The van der Waals surface area contributed by atoms with Crippen molar-refractivity contribution in [2.45, 2.75) is 26.7 Å². The highest BCUT2D eigenvalue weighted by atomic mass is 14.9. The SMILES string of the molecule is [2H]N1CCCC(C)(C)C1. The molecule has 1 saturated heterocycles. The Morgan fingerprint density at radius 2 is 2.38 bits per heavy atom. The van der Waals surface area contributed by atoms with Gasteiger partial charge in [0.15, 0.2) is 0 Å². The first-order valence-corrected chi connectivity index (χ1v) is 3.34. The molecule has 0 unspecified atom stereocenters. The molecule has 1 fully saturated rings. The van der Waals surface area contributed by atoms with E-state index in [2.05, 4.69) is 13.8 Å². The topological polar surface area (TPSA) is 12.0 Å². The van der Waals surface area contributed by atoms with Gasteiger partial charge in [-0.1, -0.05) is 13.8 Å². The summed E-state index contributed by atoms with van der Waals surface area (Å²) in [5, 5.41) is 1.67. The van der Waals surface area contributed by atoms with Crippen LogP contribution < -0.4 is 5.31 Å². The molecule has 0 spiro atoms. The fraction of sp³-hybridized carbons (Fsp3) is 1.00. The molecule has 8 heavy (non-hydrogen) atoms. The number of rotatable bonds is 0. The van der Waals surface area contributed by atoms with Gasteiger partial charge < -0.3 is 5.31 Å². The molecule has 0 amide bonds. The van der Waals surface area contributed by atoms with E-state index in [9.17, 15) is 0 Å². The molecule has 1 heterocycles. The first-order valence-electron chi connectivity index (χ1n) is 3.79. The van der Waals surface area contributed by atoms with Gasteiger partial charge in [0.2, 0.25) is 0 Å². The van der Waals surface area contributed by atoms with Gasteiger partial charge in [0.25, 0.3) is 0 Å². The maximum atomic E-state index is 7.36. The molecule has 0 aromatic carbocycles. The average Bonchev–Trinajstić information content (AvgIpc) is 1.60. The van der Waals surface area contributed by atoms with Gasteiger partial charge >= 0.3 is 0 Å². The van der Waals surface area contributed by atoms with Crippen molar-refractivity contribution in [3.8, 4) is 0 Å². The third-order valence-corrected chi connectivity index (χ3v) is 1.71. The lowest BCUT2D eigenvalue weighted by atomic mass is 9.85. The van der Waals surface area contributed by atoms with E-state index in [1.54, 1.807) is 5.31 Å². The van der Waals surface area contributed by atoms with Crippen molar-refractivity contribution in [3.05, 3.63) is 0 Å². The second-order valence-corrected chi connectivity index (χ2v) is 3.37. The zero-order valence-corrected chi connectivity index (χ0v) is 5.78. The molecule has 1 rings (SSSR count). The van der Waals surface area contributed by atoms with Gasteiger partial charge in [-0.2, -0.15) is 0 Å². The summed E-state index contributed by atoms with van der Waals surface area (Å²) >= 11 is 0. The molecule has 1 heteroatoms. The lowest BCUT2D eigenvalue weighted by Crippen LogP contribution is -2.35. The summed E-state index contributed by atoms with van der Waals surface area (Å²) < 4.78 is 7.36. The first kappa shape index (κ1) is 4.80. The van der Waals surface area contributed by atoms with Crippen LogP contribution in [-0.4, -0.2) is 13.1 Å². The predicted octanol–water partition coefficient (Wildman–Crippen LogP) is 1.40. The van der Waals surface area contributed by atoms with E-state index >= 15 is 0 Å². The summed E-state index contributed by atoms with van der Waals surface area (Å²) in [5.41, 5.74) is 0.389. The molecule has 0 saturated carbocycles. The van der Waals surface area contributed by atoms with Crippen LogP contribution in [-0.2, 0) is 0 Å². The maximum Gasteiger partial charge on any atom is 0.122 e. The van der Waals surface area contributed by atoms with Crippen LogP contribution in [0.2, 0.25) is 1.41 Å². The van der Waals surface area contributed by atoms with Gasteiger partial charge in [-0.25, -0.2) is 0 Å². The van der Waals surface area contributed by atoms with E-state index in [4.69, 9.17) is 1.41 Å². The Kier molecular flexibility index (Phi) is 1.24. The Labute approximate surface area is 52.9 Å². The molecule has 1 N–H and O–H groups in total. The van der Waals surface area contributed by atoms with Crippen molar-refractivity contribution in [3.63, 3.8) is 0 Å². The fourth-order valence-corrected chi connectivity index (χ4v) is 1.13. The number of piperidine rings is 1. The Morgan fingerprint density at radius 1 is 1.62 bits per heavy atom. The molecule has 48 valence electrons. The molecule has 1 aliphatic rings.